The Labute approximate surface area is 101 Å². The number of nitro groups is 1. The minimum absolute atomic E-state index is 0.215. The molecule has 4 nitrogen and oxygen atoms in total. The zero-order valence-corrected chi connectivity index (χ0v) is 10.3. The van der Waals surface area contributed by atoms with Crippen LogP contribution in [0.1, 0.15) is 24.0 Å². The second-order valence-corrected chi connectivity index (χ2v) is 4.90. The fraction of sp³-hybridized carbons (Fsp3) is 0.538. The predicted octanol–water partition coefficient (Wildman–Crippen LogP) is 2.40. The van der Waals surface area contributed by atoms with Crippen molar-refractivity contribution in [1.82, 2.24) is 4.90 Å². The van der Waals surface area contributed by atoms with Gasteiger partial charge >= 0.3 is 0 Å². The Bertz CT molecular complexity index is 429. The number of aryl methyl sites for hydroxylation is 2. The lowest BCUT2D eigenvalue weighted by Crippen LogP contribution is -2.27. The topological polar surface area (TPSA) is 46.4 Å². The Hall–Kier alpha value is -1.42. The molecule has 1 unspecified atom stereocenters. The van der Waals surface area contributed by atoms with Crippen LogP contribution in [0.5, 0.6) is 0 Å². The fourth-order valence-corrected chi connectivity index (χ4v) is 2.51. The van der Waals surface area contributed by atoms with Crippen molar-refractivity contribution in [2.45, 2.75) is 31.7 Å². The second-order valence-electron chi connectivity index (χ2n) is 4.90. The molecule has 0 aromatic heterocycles. The third-order valence-corrected chi connectivity index (χ3v) is 3.62. The maximum Gasteiger partial charge on any atom is 0.269 e. The zero-order chi connectivity index (χ0) is 12.4. The van der Waals surface area contributed by atoms with Crippen LogP contribution in [0, 0.1) is 10.1 Å². The van der Waals surface area contributed by atoms with Gasteiger partial charge in [-0.15, -0.1) is 0 Å². The smallest absolute Gasteiger partial charge is 0.269 e. The molecule has 0 saturated heterocycles. The first-order chi connectivity index (χ1) is 8.08. The van der Waals surface area contributed by atoms with E-state index in [1.807, 2.05) is 6.07 Å². The van der Waals surface area contributed by atoms with Gasteiger partial charge in [0.15, 0.2) is 0 Å². The Morgan fingerprint density at radius 3 is 2.47 bits per heavy atom. The Kier molecular flexibility index (Phi) is 3.43. The largest absolute Gasteiger partial charge is 0.306 e. The van der Waals surface area contributed by atoms with Gasteiger partial charge in [-0.3, -0.25) is 10.1 Å². The quantitative estimate of drug-likeness (QED) is 0.448. The number of rotatable bonds is 2. The molecule has 0 radical (unpaired) electrons. The number of benzene rings is 1. The molecule has 0 saturated carbocycles. The minimum Gasteiger partial charge on any atom is -0.306 e. The highest BCUT2D eigenvalue weighted by Gasteiger charge is 2.19. The van der Waals surface area contributed by atoms with E-state index in [9.17, 15) is 10.1 Å². The van der Waals surface area contributed by atoms with E-state index in [0.29, 0.717) is 6.04 Å². The molecule has 1 aromatic carbocycles. The first-order valence-corrected chi connectivity index (χ1v) is 6.00. The molecule has 1 atom stereocenters. The second kappa shape index (κ2) is 4.84. The SMILES string of the molecule is CN(C)C1CCc2ccc([N+](=O)[O-])cc2CC1. The highest BCUT2D eigenvalue weighted by Crippen LogP contribution is 2.26. The molecule has 1 aliphatic rings. The highest BCUT2D eigenvalue weighted by atomic mass is 16.6. The molecule has 0 spiro atoms. The van der Waals surface area contributed by atoms with Gasteiger partial charge in [-0.1, -0.05) is 6.07 Å². The molecule has 0 amide bonds. The van der Waals surface area contributed by atoms with Gasteiger partial charge in [0.05, 0.1) is 4.92 Å². The Balaban J connectivity index is 2.22. The van der Waals surface area contributed by atoms with Gasteiger partial charge in [-0.05, 0) is 50.9 Å². The third kappa shape index (κ3) is 2.64. The summed E-state index contributed by atoms with van der Waals surface area (Å²) in [6, 6.07) is 5.87. The van der Waals surface area contributed by atoms with Gasteiger partial charge in [0.1, 0.15) is 0 Å². The van der Waals surface area contributed by atoms with E-state index >= 15 is 0 Å². The fourth-order valence-electron chi connectivity index (χ4n) is 2.51. The Morgan fingerprint density at radius 1 is 1.24 bits per heavy atom. The van der Waals surface area contributed by atoms with Crippen LogP contribution in [0.2, 0.25) is 0 Å². The first kappa shape index (κ1) is 12.0. The van der Waals surface area contributed by atoms with Crippen LogP contribution in [-0.2, 0) is 12.8 Å². The summed E-state index contributed by atoms with van der Waals surface area (Å²) in [4.78, 5) is 12.7. The number of non-ortho nitro benzene ring substituents is 1. The van der Waals surface area contributed by atoms with E-state index in [4.69, 9.17) is 0 Å². The highest BCUT2D eigenvalue weighted by molar-refractivity contribution is 5.40. The molecule has 0 N–H and O–H groups in total. The molecule has 4 heteroatoms. The molecule has 0 aliphatic heterocycles. The van der Waals surface area contributed by atoms with E-state index in [2.05, 4.69) is 19.0 Å². The monoisotopic (exact) mass is 234 g/mol. The molecule has 1 aliphatic carbocycles. The van der Waals surface area contributed by atoms with E-state index < -0.39 is 0 Å². The third-order valence-electron chi connectivity index (χ3n) is 3.62. The van der Waals surface area contributed by atoms with Crippen molar-refractivity contribution in [3.05, 3.63) is 39.4 Å². The van der Waals surface area contributed by atoms with Crippen LogP contribution in [0.4, 0.5) is 5.69 Å². The van der Waals surface area contributed by atoms with Crippen LogP contribution < -0.4 is 0 Å². The molecular weight excluding hydrogens is 216 g/mol. The maximum absolute atomic E-state index is 10.7. The van der Waals surface area contributed by atoms with Gasteiger partial charge in [0.2, 0.25) is 0 Å². The maximum atomic E-state index is 10.7. The summed E-state index contributed by atoms with van der Waals surface area (Å²) in [5.41, 5.74) is 2.65. The summed E-state index contributed by atoms with van der Waals surface area (Å²) >= 11 is 0. The molecule has 2 rings (SSSR count). The normalized spacial score (nSPS) is 19.8. The Morgan fingerprint density at radius 2 is 1.88 bits per heavy atom. The number of hydrogen-bond donors (Lipinski definition) is 0. The van der Waals surface area contributed by atoms with Crippen LogP contribution >= 0.6 is 0 Å². The average molecular weight is 234 g/mol. The lowest BCUT2D eigenvalue weighted by Gasteiger charge is -2.21. The molecule has 17 heavy (non-hydrogen) atoms. The number of hydrogen-bond acceptors (Lipinski definition) is 3. The van der Waals surface area contributed by atoms with Crippen LogP contribution in [0.15, 0.2) is 18.2 Å². The summed E-state index contributed by atoms with van der Waals surface area (Å²) in [7, 11) is 4.20. The lowest BCUT2D eigenvalue weighted by atomic mass is 10.0. The summed E-state index contributed by atoms with van der Waals surface area (Å²) < 4.78 is 0. The molecule has 0 heterocycles. The van der Waals surface area contributed by atoms with Gasteiger partial charge in [0.25, 0.3) is 5.69 Å². The summed E-state index contributed by atoms with van der Waals surface area (Å²) in [6.45, 7) is 0. The number of nitro benzene ring substituents is 1. The van der Waals surface area contributed by atoms with Crippen molar-refractivity contribution in [1.29, 1.82) is 0 Å². The predicted molar refractivity (Wildman–Crippen MR) is 67.2 cm³/mol. The van der Waals surface area contributed by atoms with Crippen LogP contribution in [0.25, 0.3) is 0 Å². The van der Waals surface area contributed by atoms with Gasteiger partial charge < -0.3 is 4.90 Å². The minimum atomic E-state index is -0.311. The summed E-state index contributed by atoms with van der Waals surface area (Å²) in [5.74, 6) is 0. The van der Waals surface area contributed by atoms with E-state index in [1.165, 1.54) is 5.56 Å². The molecule has 0 fully saturated rings. The van der Waals surface area contributed by atoms with Crippen molar-refractivity contribution in [2.75, 3.05) is 14.1 Å². The molecule has 1 aromatic rings. The van der Waals surface area contributed by atoms with Crippen molar-refractivity contribution in [3.63, 3.8) is 0 Å². The number of fused-ring (bicyclic) bond motifs is 1. The summed E-state index contributed by atoms with van der Waals surface area (Å²) in [5, 5.41) is 10.7. The first-order valence-electron chi connectivity index (χ1n) is 6.00. The van der Waals surface area contributed by atoms with Gasteiger partial charge in [0, 0.05) is 18.2 Å². The average Bonchev–Trinajstić information content (AvgIpc) is 2.50. The van der Waals surface area contributed by atoms with E-state index in [-0.39, 0.29) is 10.6 Å². The van der Waals surface area contributed by atoms with Crippen LogP contribution in [0.3, 0.4) is 0 Å². The molecule has 0 bridgehead atoms. The van der Waals surface area contributed by atoms with Crippen molar-refractivity contribution >= 4 is 5.69 Å². The lowest BCUT2D eigenvalue weighted by molar-refractivity contribution is -0.384. The van der Waals surface area contributed by atoms with Crippen molar-refractivity contribution in [3.8, 4) is 0 Å². The van der Waals surface area contributed by atoms with Crippen LogP contribution in [-0.4, -0.2) is 30.0 Å². The standard InChI is InChI=1S/C13H18N2O2/c1-14(2)12-6-3-10-4-8-13(15(16)17)9-11(10)5-7-12/h4,8-9,12H,3,5-7H2,1-2H3. The number of nitrogens with zero attached hydrogens (tertiary/aromatic N) is 2. The van der Waals surface area contributed by atoms with E-state index in [1.54, 1.807) is 12.1 Å². The molecular formula is C13H18N2O2. The van der Waals surface area contributed by atoms with E-state index in [0.717, 1.165) is 31.2 Å². The summed E-state index contributed by atoms with van der Waals surface area (Å²) in [6.07, 6.45) is 4.19. The van der Waals surface area contributed by atoms with Gasteiger partial charge in [-0.2, -0.15) is 0 Å². The van der Waals surface area contributed by atoms with Gasteiger partial charge in [-0.25, -0.2) is 0 Å². The zero-order valence-electron chi connectivity index (χ0n) is 10.3. The molecule has 92 valence electrons. The van der Waals surface area contributed by atoms with Crippen molar-refractivity contribution in [2.24, 2.45) is 0 Å². The van der Waals surface area contributed by atoms with Crippen molar-refractivity contribution < 1.29 is 4.92 Å².